The van der Waals surface area contributed by atoms with Gasteiger partial charge in [-0.15, -0.1) is 0 Å². The van der Waals surface area contributed by atoms with Crippen molar-refractivity contribution in [1.29, 1.82) is 0 Å². The molecule has 2 aromatic carbocycles. The molecule has 144 valence electrons. The maximum absolute atomic E-state index is 11.7. The number of aryl methyl sites for hydroxylation is 1. The van der Waals surface area contributed by atoms with Crippen LogP contribution < -0.4 is 15.4 Å². The normalized spacial score (nSPS) is 10.1. The van der Waals surface area contributed by atoms with E-state index in [1.165, 1.54) is 5.56 Å². The van der Waals surface area contributed by atoms with Crippen LogP contribution in [-0.2, 0) is 16.1 Å². The number of ether oxygens (including phenoxy) is 2. The summed E-state index contributed by atoms with van der Waals surface area (Å²) in [4.78, 5) is 23.3. The Kier molecular flexibility index (Phi) is 8.69. The second kappa shape index (κ2) is 11.6. The van der Waals surface area contributed by atoms with Crippen LogP contribution in [0, 0.1) is 6.92 Å². The highest BCUT2D eigenvalue weighted by Crippen LogP contribution is 2.10. The van der Waals surface area contributed by atoms with Gasteiger partial charge in [0.15, 0.2) is 0 Å². The summed E-state index contributed by atoms with van der Waals surface area (Å²) in [5, 5.41) is 5.43. The van der Waals surface area contributed by atoms with Crippen LogP contribution >= 0.6 is 0 Å². The second-order valence-corrected chi connectivity index (χ2v) is 6.10. The zero-order chi connectivity index (χ0) is 19.3. The number of alkyl carbamates (subject to hydrolysis) is 1. The largest absolute Gasteiger partial charge is 0.492 e. The van der Waals surface area contributed by atoms with Gasteiger partial charge in [0, 0.05) is 13.0 Å². The summed E-state index contributed by atoms with van der Waals surface area (Å²) in [7, 11) is 0. The Balaban J connectivity index is 1.47. The van der Waals surface area contributed by atoms with Crippen LogP contribution in [0.5, 0.6) is 5.75 Å². The minimum Gasteiger partial charge on any atom is -0.492 e. The van der Waals surface area contributed by atoms with Crippen LogP contribution in [0.15, 0.2) is 54.6 Å². The molecule has 0 unspecified atom stereocenters. The summed E-state index contributed by atoms with van der Waals surface area (Å²) in [6.07, 6.45) is 0.403. The molecule has 2 N–H and O–H groups in total. The van der Waals surface area contributed by atoms with Crippen LogP contribution in [0.3, 0.4) is 0 Å². The van der Waals surface area contributed by atoms with Gasteiger partial charge in [-0.25, -0.2) is 4.79 Å². The predicted molar refractivity (Wildman–Crippen MR) is 104 cm³/mol. The topological polar surface area (TPSA) is 76.7 Å². The van der Waals surface area contributed by atoms with Gasteiger partial charge >= 0.3 is 6.09 Å². The maximum Gasteiger partial charge on any atom is 0.407 e. The number of hydrogen-bond acceptors (Lipinski definition) is 4. The first-order valence-corrected chi connectivity index (χ1v) is 9.04. The summed E-state index contributed by atoms with van der Waals surface area (Å²) in [5.41, 5.74) is 2.10. The molecule has 0 aliphatic heterocycles. The number of carbonyl (C=O) groups is 2. The van der Waals surface area contributed by atoms with Gasteiger partial charge in [0.25, 0.3) is 0 Å². The number of benzene rings is 2. The van der Waals surface area contributed by atoms with E-state index in [9.17, 15) is 9.59 Å². The Bertz CT molecular complexity index is 702. The standard InChI is InChI=1S/C21H26N2O4/c1-17-9-11-19(12-10-17)26-15-14-22-20(24)8-5-13-23-21(25)27-16-18-6-3-2-4-7-18/h2-4,6-7,9-12H,5,8,13-16H2,1H3,(H,22,24)(H,23,25). The molecule has 6 heteroatoms. The van der Waals surface area contributed by atoms with Gasteiger partial charge in [-0.05, 0) is 31.0 Å². The molecule has 27 heavy (non-hydrogen) atoms. The first kappa shape index (κ1) is 20.3. The van der Waals surface area contributed by atoms with E-state index in [2.05, 4.69) is 10.6 Å². The van der Waals surface area contributed by atoms with Gasteiger partial charge in [0.2, 0.25) is 5.91 Å². The number of amides is 2. The van der Waals surface area contributed by atoms with E-state index in [1.807, 2.05) is 61.5 Å². The Hall–Kier alpha value is -3.02. The van der Waals surface area contributed by atoms with Crippen molar-refractivity contribution < 1.29 is 19.1 Å². The summed E-state index contributed by atoms with van der Waals surface area (Å²) in [6.45, 7) is 3.50. The SMILES string of the molecule is Cc1ccc(OCCNC(=O)CCCNC(=O)OCc2ccccc2)cc1. The Morgan fingerprint density at radius 1 is 0.926 bits per heavy atom. The molecule has 0 aliphatic rings. The predicted octanol–water partition coefficient (Wildman–Crippen LogP) is 3.20. The van der Waals surface area contributed by atoms with Gasteiger partial charge < -0.3 is 20.1 Å². The summed E-state index contributed by atoms with van der Waals surface area (Å²) >= 11 is 0. The minimum absolute atomic E-state index is 0.0676. The van der Waals surface area contributed by atoms with Crippen molar-refractivity contribution in [3.63, 3.8) is 0 Å². The highest BCUT2D eigenvalue weighted by Gasteiger charge is 2.04. The van der Waals surface area contributed by atoms with Crippen molar-refractivity contribution in [2.45, 2.75) is 26.4 Å². The molecule has 0 spiro atoms. The second-order valence-electron chi connectivity index (χ2n) is 6.10. The highest BCUT2D eigenvalue weighted by atomic mass is 16.5. The molecule has 0 aromatic heterocycles. The first-order chi connectivity index (χ1) is 13.1. The van der Waals surface area contributed by atoms with Gasteiger partial charge in [0.1, 0.15) is 19.0 Å². The summed E-state index contributed by atoms with van der Waals surface area (Å²) in [6, 6.07) is 17.2. The quantitative estimate of drug-likeness (QED) is 0.630. The van der Waals surface area contributed by atoms with Crippen molar-refractivity contribution in [1.82, 2.24) is 10.6 Å². The molecular weight excluding hydrogens is 344 g/mol. The van der Waals surface area contributed by atoms with E-state index in [-0.39, 0.29) is 12.5 Å². The van der Waals surface area contributed by atoms with Crippen LogP contribution in [0.1, 0.15) is 24.0 Å². The molecule has 0 saturated heterocycles. The fraction of sp³-hybridized carbons (Fsp3) is 0.333. The molecule has 0 fully saturated rings. The fourth-order valence-corrected chi connectivity index (χ4v) is 2.30. The van der Waals surface area contributed by atoms with Crippen LogP contribution in [0.2, 0.25) is 0 Å². The molecule has 0 aliphatic carbocycles. The average Bonchev–Trinajstić information content (AvgIpc) is 2.69. The van der Waals surface area contributed by atoms with Crippen LogP contribution in [-0.4, -0.2) is 31.7 Å². The zero-order valence-electron chi connectivity index (χ0n) is 15.6. The molecule has 0 radical (unpaired) electrons. The van der Waals surface area contributed by atoms with Crippen LogP contribution in [0.25, 0.3) is 0 Å². The van der Waals surface area contributed by atoms with Crippen molar-refractivity contribution in [2.75, 3.05) is 19.7 Å². The Morgan fingerprint density at radius 3 is 2.41 bits per heavy atom. The smallest absolute Gasteiger partial charge is 0.407 e. The Morgan fingerprint density at radius 2 is 1.67 bits per heavy atom. The molecule has 6 nitrogen and oxygen atoms in total. The number of nitrogens with one attached hydrogen (secondary N) is 2. The molecule has 0 heterocycles. The minimum atomic E-state index is -0.481. The molecule has 2 rings (SSSR count). The summed E-state index contributed by atoms with van der Waals surface area (Å²) < 4.78 is 10.6. The highest BCUT2D eigenvalue weighted by molar-refractivity contribution is 5.75. The monoisotopic (exact) mass is 370 g/mol. The molecule has 2 amide bonds. The van der Waals surface area contributed by atoms with E-state index >= 15 is 0 Å². The van der Waals surface area contributed by atoms with Crippen molar-refractivity contribution >= 4 is 12.0 Å². The van der Waals surface area contributed by atoms with Gasteiger partial charge in [0.05, 0.1) is 6.54 Å². The Labute approximate surface area is 159 Å². The van der Waals surface area contributed by atoms with E-state index in [0.29, 0.717) is 32.5 Å². The third-order valence-corrected chi connectivity index (χ3v) is 3.78. The van der Waals surface area contributed by atoms with Crippen LogP contribution in [0.4, 0.5) is 4.79 Å². The van der Waals surface area contributed by atoms with Crippen molar-refractivity contribution in [3.05, 3.63) is 65.7 Å². The zero-order valence-corrected chi connectivity index (χ0v) is 15.6. The molecule has 0 atom stereocenters. The van der Waals surface area contributed by atoms with Gasteiger partial charge in [-0.3, -0.25) is 4.79 Å². The maximum atomic E-state index is 11.7. The lowest BCUT2D eigenvalue weighted by Crippen LogP contribution is -2.30. The third kappa shape index (κ3) is 8.76. The molecule has 0 saturated carbocycles. The lowest BCUT2D eigenvalue weighted by atomic mass is 10.2. The number of hydrogen-bond donors (Lipinski definition) is 2. The number of carbonyl (C=O) groups excluding carboxylic acids is 2. The van der Waals surface area contributed by atoms with E-state index < -0.39 is 6.09 Å². The lowest BCUT2D eigenvalue weighted by Gasteiger charge is -2.09. The molecular formula is C21H26N2O4. The average molecular weight is 370 g/mol. The molecule has 0 bridgehead atoms. The first-order valence-electron chi connectivity index (χ1n) is 9.04. The van der Waals surface area contributed by atoms with E-state index in [1.54, 1.807) is 0 Å². The third-order valence-electron chi connectivity index (χ3n) is 3.78. The van der Waals surface area contributed by atoms with Crippen molar-refractivity contribution in [3.8, 4) is 5.75 Å². The van der Waals surface area contributed by atoms with Crippen molar-refractivity contribution in [2.24, 2.45) is 0 Å². The van der Waals surface area contributed by atoms with Gasteiger partial charge in [-0.2, -0.15) is 0 Å². The van der Waals surface area contributed by atoms with E-state index in [0.717, 1.165) is 11.3 Å². The number of rotatable bonds is 10. The molecule has 2 aromatic rings. The van der Waals surface area contributed by atoms with Gasteiger partial charge in [-0.1, -0.05) is 48.0 Å². The summed E-state index contributed by atoms with van der Waals surface area (Å²) in [5.74, 6) is 0.718. The van der Waals surface area contributed by atoms with E-state index in [4.69, 9.17) is 9.47 Å². The lowest BCUT2D eigenvalue weighted by molar-refractivity contribution is -0.121. The fourth-order valence-electron chi connectivity index (χ4n) is 2.30.